The quantitative estimate of drug-likeness (QED) is 0.818. The summed E-state index contributed by atoms with van der Waals surface area (Å²) in [7, 11) is 0. The number of aromatic nitrogens is 2. The van der Waals surface area contributed by atoms with E-state index in [-0.39, 0.29) is 31.2 Å². The van der Waals surface area contributed by atoms with Crippen molar-refractivity contribution in [2.24, 2.45) is 5.41 Å². The van der Waals surface area contributed by atoms with Gasteiger partial charge in [-0.2, -0.15) is 18.4 Å². The molecular weight excluding hydrogens is 359 g/mol. The van der Waals surface area contributed by atoms with Gasteiger partial charge in [0.25, 0.3) is 5.88 Å². The van der Waals surface area contributed by atoms with Crippen molar-refractivity contribution in [3.05, 3.63) is 29.4 Å². The van der Waals surface area contributed by atoms with E-state index in [4.69, 9.17) is 21.1 Å². The highest BCUT2D eigenvalue weighted by molar-refractivity contribution is 6.31. The molecule has 0 aliphatic carbocycles. The van der Waals surface area contributed by atoms with Crippen LogP contribution in [0.15, 0.2) is 24.3 Å². The van der Waals surface area contributed by atoms with Crippen LogP contribution in [0.3, 0.4) is 0 Å². The topological polar surface area (TPSA) is 68.0 Å². The molecule has 5 nitrogen and oxygen atoms in total. The first-order valence-electron chi connectivity index (χ1n) is 7.50. The molecule has 0 amide bonds. The fourth-order valence-electron chi connectivity index (χ4n) is 2.81. The van der Waals surface area contributed by atoms with Gasteiger partial charge < -0.3 is 9.47 Å². The molecule has 9 heteroatoms. The Morgan fingerprint density at radius 3 is 2.36 bits per heavy atom. The molecule has 1 atom stereocenters. The van der Waals surface area contributed by atoms with Crippen molar-refractivity contribution in [3.63, 3.8) is 0 Å². The maximum atomic E-state index is 13.7. The summed E-state index contributed by atoms with van der Waals surface area (Å²) in [5.74, 6) is -0.441. The fourth-order valence-corrected chi connectivity index (χ4v) is 2.99. The second kappa shape index (κ2) is 6.65. The van der Waals surface area contributed by atoms with Crippen molar-refractivity contribution in [3.8, 4) is 11.9 Å². The number of nitrogens with zero attached hydrogens (tertiary/aromatic N) is 3. The number of hydrogen-bond acceptors (Lipinski definition) is 5. The van der Waals surface area contributed by atoms with Gasteiger partial charge >= 0.3 is 6.18 Å². The predicted octanol–water partition coefficient (Wildman–Crippen LogP) is 3.91. The highest BCUT2D eigenvalue weighted by Crippen LogP contribution is 2.44. The lowest BCUT2D eigenvalue weighted by molar-refractivity contribution is -0.230. The summed E-state index contributed by atoms with van der Waals surface area (Å²) in [5, 5.41) is 9.16. The molecule has 0 bridgehead atoms. The van der Waals surface area contributed by atoms with Gasteiger partial charge in [0, 0.05) is 13.2 Å². The summed E-state index contributed by atoms with van der Waals surface area (Å²) >= 11 is 5.95. The SMILES string of the molecule is N#CC1(C(Oc2nc3ccccc3nc2Cl)C(F)(F)F)CCOCC1. The van der Waals surface area contributed by atoms with Crippen molar-refractivity contribution < 1.29 is 22.6 Å². The lowest BCUT2D eigenvalue weighted by Crippen LogP contribution is -2.51. The number of alkyl halides is 3. The minimum atomic E-state index is -4.77. The Hall–Kier alpha value is -2.11. The molecule has 2 aromatic rings. The van der Waals surface area contributed by atoms with Gasteiger partial charge in [0.05, 0.1) is 17.1 Å². The van der Waals surface area contributed by atoms with E-state index in [0.717, 1.165) is 0 Å². The van der Waals surface area contributed by atoms with Crippen LogP contribution < -0.4 is 4.74 Å². The van der Waals surface area contributed by atoms with E-state index in [1.165, 1.54) is 0 Å². The third-order valence-corrected chi connectivity index (χ3v) is 4.38. The molecule has 1 saturated heterocycles. The summed E-state index contributed by atoms with van der Waals surface area (Å²) in [5.41, 5.74) is -0.974. The van der Waals surface area contributed by atoms with Crippen LogP contribution >= 0.6 is 11.6 Å². The first-order chi connectivity index (χ1) is 11.9. The number of rotatable bonds is 3. The Balaban J connectivity index is 2.02. The lowest BCUT2D eigenvalue weighted by atomic mass is 9.76. The van der Waals surface area contributed by atoms with Crippen LogP contribution in [-0.4, -0.2) is 35.5 Å². The third-order valence-electron chi connectivity index (χ3n) is 4.14. The van der Waals surface area contributed by atoms with Gasteiger partial charge in [0.15, 0.2) is 5.15 Å². The smallest absolute Gasteiger partial charge is 0.427 e. The fraction of sp³-hybridized carbons (Fsp3) is 0.438. The minimum Gasteiger partial charge on any atom is -0.461 e. The molecule has 0 N–H and O–H groups in total. The van der Waals surface area contributed by atoms with E-state index in [1.807, 2.05) is 0 Å². The van der Waals surface area contributed by atoms with Crippen LogP contribution in [0.1, 0.15) is 12.8 Å². The van der Waals surface area contributed by atoms with Gasteiger partial charge in [-0.3, -0.25) is 0 Å². The van der Waals surface area contributed by atoms with Crippen molar-refractivity contribution in [2.75, 3.05) is 13.2 Å². The zero-order valence-electron chi connectivity index (χ0n) is 12.9. The Labute approximate surface area is 146 Å². The van der Waals surface area contributed by atoms with E-state index in [2.05, 4.69) is 9.97 Å². The summed E-state index contributed by atoms with van der Waals surface area (Å²) in [6.45, 7) is 0.112. The summed E-state index contributed by atoms with van der Waals surface area (Å²) < 4.78 is 51.2. The number of hydrogen-bond donors (Lipinski definition) is 0. The molecule has 1 aliphatic rings. The van der Waals surface area contributed by atoms with Gasteiger partial charge in [-0.1, -0.05) is 23.7 Å². The Morgan fingerprint density at radius 1 is 1.20 bits per heavy atom. The lowest BCUT2D eigenvalue weighted by Gasteiger charge is -2.38. The van der Waals surface area contributed by atoms with Gasteiger partial charge in [-0.15, -0.1) is 0 Å². The van der Waals surface area contributed by atoms with Crippen molar-refractivity contribution in [2.45, 2.75) is 25.1 Å². The molecule has 0 spiro atoms. The largest absolute Gasteiger partial charge is 0.461 e. The van der Waals surface area contributed by atoms with E-state index in [1.54, 1.807) is 30.3 Å². The maximum absolute atomic E-state index is 13.7. The van der Waals surface area contributed by atoms with Crippen LogP contribution in [0.4, 0.5) is 13.2 Å². The monoisotopic (exact) mass is 371 g/mol. The first-order valence-corrected chi connectivity index (χ1v) is 7.88. The van der Waals surface area contributed by atoms with Gasteiger partial charge in [-0.25, -0.2) is 9.97 Å². The Morgan fingerprint density at radius 2 is 1.80 bits per heavy atom. The molecule has 1 aromatic heterocycles. The second-order valence-corrected chi connectivity index (χ2v) is 6.09. The zero-order chi connectivity index (χ0) is 18.1. The van der Waals surface area contributed by atoms with Crippen molar-refractivity contribution in [1.29, 1.82) is 5.26 Å². The zero-order valence-corrected chi connectivity index (χ0v) is 13.6. The van der Waals surface area contributed by atoms with Gasteiger partial charge in [-0.05, 0) is 25.0 Å². The number of halogens is 4. The van der Waals surface area contributed by atoms with Crippen LogP contribution in [0.25, 0.3) is 11.0 Å². The number of nitriles is 1. The van der Waals surface area contributed by atoms with E-state index in [9.17, 15) is 18.4 Å². The molecule has 3 rings (SSSR count). The van der Waals surface area contributed by atoms with Gasteiger partial charge in [0.2, 0.25) is 6.10 Å². The number of fused-ring (bicyclic) bond motifs is 1. The molecule has 2 heterocycles. The highest BCUT2D eigenvalue weighted by Gasteiger charge is 2.57. The Kier molecular flexibility index (Phi) is 4.71. The minimum absolute atomic E-state index is 0.0562. The molecule has 25 heavy (non-hydrogen) atoms. The maximum Gasteiger partial charge on any atom is 0.427 e. The average molecular weight is 372 g/mol. The molecule has 1 aromatic carbocycles. The van der Waals surface area contributed by atoms with Gasteiger partial charge in [0.1, 0.15) is 5.41 Å². The number of para-hydroxylation sites is 2. The van der Waals surface area contributed by atoms with Crippen LogP contribution in [0.2, 0.25) is 5.15 Å². The third kappa shape index (κ3) is 3.48. The summed E-state index contributed by atoms with van der Waals surface area (Å²) in [6, 6.07) is 8.38. The van der Waals surface area contributed by atoms with Crippen LogP contribution in [-0.2, 0) is 4.74 Å². The first kappa shape index (κ1) is 17.7. The molecule has 0 radical (unpaired) electrons. The predicted molar refractivity (Wildman–Crippen MR) is 83.1 cm³/mol. The van der Waals surface area contributed by atoms with Crippen LogP contribution in [0.5, 0.6) is 5.88 Å². The molecule has 132 valence electrons. The Bertz CT molecular complexity index is 816. The summed E-state index contributed by atoms with van der Waals surface area (Å²) in [4.78, 5) is 8.04. The number of ether oxygens (including phenoxy) is 2. The van der Waals surface area contributed by atoms with E-state index < -0.39 is 23.6 Å². The van der Waals surface area contributed by atoms with E-state index in [0.29, 0.717) is 11.0 Å². The number of benzene rings is 1. The van der Waals surface area contributed by atoms with Crippen LogP contribution in [0, 0.1) is 16.7 Å². The molecule has 1 aliphatic heterocycles. The van der Waals surface area contributed by atoms with Crippen molar-refractivity contribution in [1.82, 2.24) is 9.97 Å². The summed E-state index contributed by atoms with van der Waals surface area (Å²) in [6.07, 6.45) is -7.33. The normalized spacial score (nSPS) is 18.5. The second-order valence-electron chi connectivity index (χ2n) is 5.73. The molecular formula is C16H13ClF3N3O2. The highest BCUT2D eigenvalue weighted by atomic mass is 35.5. The molecule has 1 fully saturated rings. The molecule has 0 saturated carbocycles. The standard InChI is InChI=1S/C16H13ClF3N3O2/c17-12-13(23-11-4-2-1-3-10(11)22-12)25-14(16(18,19)20)15(9-21)5-7-24-8-6-15/h1-4,14H,5-8H2. The average Bonchev–Trinajstić information content (AvgIpc) is 2.59. The van der Waals surface area contributed by atoms with E-state index >= 15 is 0 Å². The van der Waals surface area contributed by atoms with Crippen molar-refractivity contribution >= 4 is 22.6 Å². The molecule has 1 unspecified atom stereocenters.